The van der Waals surface area contributed by atoms with Gasteiger partial charge in [0.15, 0.2) is 5.76 Å². The molecule has 1 amide bonds. The lowest BCUT2D eigenvalue weighted by Gasteiger charge is -2.19. The molecule has 0 saturated heterocycles. The molecule has 162 valence electrons. The number of aromatic nitrogens is 2. The Morgan fingerprint density at radius 2 is 1.97 bits per heavy atom. The standard InChI is InChI=1S/C24H28N4O3/c1-5-27(6-2)13-14-28-20-10-8-7-9-19(20)25-24(28)26-23(29)22-16(3)18-15-17(30-4)11-12-21(18)31-22/h7-12,15H,5-6,13-14H2,1-4H3,(H,25,26,29). The number of furan rings is 1. The van der Waals surface area contributed by atoms with Crippen molar-refractivity contribution in [3.05, 3.63) is 53.8 Å². The fraction of sp³-hybridized carbons (Fsp3) is 0.333. The molecule has 0 fully saturated rings. The molecule has 0 saturated carbocycles. The van der Waals surface area contributed by atoms with Crippen LogP contribution in [0.1, 0.15) is 30.0 Å². The van der Waals surface area contributed by atoms with E-state index in [1.165, 1.54) is 0 Å². The molecule has 0 aliphatic rings. The van der Waals surface area contributed by atoms with Crippen molar-refractivity contribution in [2.24, 2.45) is 0 Å². The van der Waals surface area contributed by atoms with Gasteiger partial charge < -0.3 is 18.6 Å². The highest BCUT2D eigenvalue weighted by Gasteiger charge is 2.21. The van der Waals surface area contributed by atoms with Crippen molar-refractivity contribution in [2.45, 2.75) is 27.3 Å². The lowest BCUT2D eigenvalue weighted by Crippen LogP contribution is -2.27. The van der Waals surface area contributed by atoms with Crippen LogP contribution < -0.4 is 10.1 Å². The van der Waals surface area contributed by atoms with Crippen molar-refractivity contribution in [2.75, 3.05) is 32.1 Å². The molecule has 2 aromatic heterocycles. The summed E-state index contributed by atoms with van der Waals surface area (Å²) in [4.78, 5) is 20.2. The van der Waals surface area contributed by atoms with E-state index in [1.54, 1.807) is 7.11 Å². The van der Waals surface area contributed by atoms with Crippen LogP contribution in [0.2, 0.25) is 0 Å². The summed E-state index contributed by atoms with van der Waals surface area (Å²) in [6, 6.07) is 13.4. The summed E-state index contributed by atoms with van der Waals surface area (Å²) in [7, 11) is 1.62. The molecule has 7 heteroatoms. The largest absolute Gasteiger partial charge is 0.497 e. The van der Waals surface area contributed by atoms with Crippen molar-refractivity contribution in [3.8, 4) is 5.75 Å². The number of hydrogen-bond acceptors (Lipinski definition) is 5. The van der Waals surface area contributed by atoms with Crippen LogP contribution in [0.5, 0.6) is 5.75 Å². The predicted molar refractivity (Wildman–Crippen MR) is 123 cm³/mol. The first-order valence-corrected chi connectivity index (χ1v) is 10.6. The Morgan fingerprint density at radius 1 is 1.19 bits per heavy atom. The topological polar surface area (TPSA) is 72.5 Å². The van der Waals surface area contributed by atoms with Gasteiger partial charge in [0.1, 0.15) is 11.3 Å². The molecule has 4 rings (SSSR count). The fourth-order valence-electron chi connectivity index (χ4n) is 3.88. The first-order chi connectivity index (χ1) is 15.0. The Hall–Kier alpha value is -3.32. The van der Waals surface area contributed by atoms with Crippen LogP contribution >= 0.6 is 0 Å². The number of benzene rings is 2. The van der Waals surface area contributed by atoms with Gasteiger partial charge in [0.2, 0.25) is 5.95 Å². The molecule has 0 atom stereocenters. The molecule has 0 aliphatic heterocycles. The SMILES string of the molecule is CCN(CC)CCn1c(NC(=O)c2oc3ccc(OC)cc3c2C)nc2ccccc21. The molecule has 0 radical (unpaired) electrons. The summed E-state index contributed by atoms with van der Waals surface area (Å²) in [5.41, 5.74) is 3.27. The molecule has 0 spiro atoms. The molecule has 2 heterocycles. The Balaban J connectivity index is 1.66. The van der Waals surface area contributed by atoms with Gasteiger partial charge in [0, 0.05) is 24.0 Å². The minimum absolute atomic E-state index is 0.283. The maximum Gasteiger partial charge on any atom is 0.294 e. The van der Waals surface area contributed by atoms with E-state index >= 15 is 0 Å². The van der Waals surface area contributed by atoms with E-state index in [1.807, 2.05) is 49.4 Å². The number of nitrogens with zero attached hydrogens (tertiary/aromatic N) is 3. The third-order valence-corrected chi connectivity index (χ3v) is 5.76. The Labute approximate surface area is 181 Å². The first-order valence-electron chi connectivity index (χ1n) is 10.6. The monoisotopic (exact) mass is 420 g/mol. The summed E-state index contributed by atoms with van der Waals surface area (Å²) in [6.07, 6.45) is 0. The maximum absolute atomic E-state index is 13.1. The number of para-hydroxylation sites is 2. The number of aryl methyl sites for hydroxylation is 1. The van der Waals surface area contributed by atoms with E-state index < -0.39 is 0 Å². The number of anilines is 1. The minimum atomic E-state index is -0.313. The second-order valence-corrected chi connectivity index (χ2v) is 7.48. The molecule has 0 bridgehead atoms. The van der Waals surface area contributed by atoms with Gasteiger partial charge in [-0.3, -0.25) is 10.1 Å². The van der Waals surface area contributed by atoms with Gasteiger partial charge in [0.25, 0.3) is 5.91 Å². The summed E-state index contributed by atoms with van der Waals surface area (Å²) < 4.78 is 13.2. The van der Waals surface area contributed by atoms with Gasteiger partial charge in [-0.1, -0.05) is 26.0 Å². The highest BCUT2D eigenvalue weighted by Crippen LogP contribution is 2.29. The predicted octanol–water partition coefficient (Wildman–Crippen LogP) is 4.69. The number of nitrogens with one attached hydrogen (secondary N) is 1. The van der Waals surface area contributed by atoms with Crippen molar-refractivity contribution >= 4 is 33.9 Å². The highest BCUT2D eigenvalue weighted by molar-refractivity contribution is 6.06. The van der Waals surface area contributed by atoms with Crippen molar-refractivity contribution in [1.82, 2.24) is 14.5 Å². The second-order valence-electron chi connectivity index (χ2n) is 7.48. The number of hydrogen-bond donors (Lipinski definition) is 1. The molecule has 31 heavy (non-hydrogen) atoms. The van der Waals surface area contributed by atoms with Gasteiger partial charge in [-0.15, -0.1) is 0 Å². The smallest absolute Gasteiger partial charge is 0.294 e. The van der Waals surface area contributed by atoms with Crippen LogP contribution in [0.15, 0.2) is 46.9 Å². The quantitative estimate of drug-likeness (QED) is 0.448. The number of amides is 1. The fourth-order valence-corrected chi connectivity index (χ4v) is 3.88. The number of ether oxygens (including phenoxy) is 1. The number of imidazole rings is 1. The van der Waals surface area contributed by atoms with Crippen LogP contribution in [0, 0.1) is 6.92 Å². The average Bonchev–Trinajstić information content (AvgIpc) is 3.31. The number of carbonyl (C=O) groups excluding carboxylic acids is 1. The lowest BCUT2D eigenvalue weighted by molar-refractivity contribution is 0.0996. The van der Waals surface area contributed by atoms with Crippen LogP contribution in [0.4, 0.5) is 5.95 Å². The zero-order valence-electron chi connectivity index (χ0n) is 18.4. The van der Waals surface area contributed by atoms with Crippen LogP contribution in [-0.2, 0) is 6.54 Å². The molecule has 7 nitrogen and oxygen atoms in total. The molecule has 0 unspecified atom stereocenters. The summed E-state index contributed by atoms with van der Waals surface area (Å²) >= 11 is 0. The normalized spacial score (nSPS) is 11.5. The summed E-state index contributed by atoms with van der Waals surface area (Å²) in [5, 5.41) is 3.84. The molecule has 2 aromatic carbocycles. The van der Waals surface area contributed by atoms with E-state index in [0.717, 1.165) is 53.9 Å². The molecule has 0 aliphatic carbocycles. The second kappa shape index (κ2) is 8.81. The van der Waals surface area contributed by atoms with Crippen molar-refractivity contribution in [1.29, 1.82) is 0 Å². The maximum atomic E-state index is 13.1. The van der Waals surface area contributed by atoms with Crippen LogP contribution in [-0.4, -0.2) is 47.1 Å². The van der Waals surface area contributed by atoms with E-state index in [9.17, 15) is 4.79 Å². The first kappa shape index (κ1) is 20.9. The summed E-state index contributed by atoms with van der Waals surface area (Å²) in [6.45, 7) is 9.74. The van der Waals surface area contributed by atoms with E-state index in [4.69, 9.17) is 9.15 Å². The van der Waals surface area contributed by atoms with Gasteiger partial charge in [-0.25, -0.2) is 4.98 Å². The zero-order chi connectivity index (χ0) is 22.0. The minimum Gasteiger partial charge on any atom is -0.497 e. The number of likely N-dealkylation sites (N-methyl/N-ethyl adjacent to an activating group) is 1. The third kappa shape index (κ3) is 4.01. The number of rotatable bonds is 8. The van der Waals surface area contributed by atoms with Gasteiger partial charge in [-0.2, -0.15) is 0 Å². The molecule has 4 aromatic rings. The van der Waals surface area contributed by atoms with E-state index in [2.05, 4.69) is 33.6 Å². The van der Waals surface area contributed by atoms with E-state index in [0.29, 0.717) is 11.5 Å². The van der Waals surface area contributed by atoms with Crippen molar-refractivity contribution in [3.63, 3.8) is 0 Å². The van der Waals surface area contributed by atoms with Crippen LogP contribution in [0.3, 0.4) is 0 Å². The van der Waals surface area contributed by atoms with Crippen molar-refractivity contribution < 1.29 is 13.9 Å². The molecular formula is C24H28N4O3. The Kier molecular flexibility index (Phi) is 5.95. The lowest BCUT2D eigenvalue weighted by atomic mass is 10.1. The molecular weight excluding hydrogens is 392 g/mol. The molecule has 1 N–H and O–H groups in total. The Morgan fingerprint density at radius 3 is 2.71 bits per heavy atom. The van der Waals surface area contributed by atoms with Gasteiger partial charge in [-0.05, 0) is 50.3 Å². The summed E-state index contributed by atoms with van der Waals surface area (Å²) in [5.74, 6) is 1.22. The number of methoxy groups -OCH3 is 1. The zero-order valence-corrected chi connectivity index (χ0v) is 18.4. The average molecular weight is 421 g/mol. The van der Waals surface area contributed by atoms with Gasteiger partial charge in [0.05, 0.1) is 18.1 Å². The van der Waals surface area contributed by atoms with E-state index in [-0.39, 0.29) is 11.7 Å². The van der Waals surface area contributed by atoms with Crippen LogP contribution in [0.25, 0.3) is 22.0 Å². The third-order valence-electron chi connectivity index (χ3n) is 5.76. The number of carbonyl (C=O) groups is 1. The number of fused-ring (bicyclic) bond motifs is 2. The van der Waals surface area contributed by atoms with Gasteiger partial charge >= 0.3 is 0 Å². The highest BCUT2D eigenvalue weighted by atomic mass is 16.5. The Bertz CT molecular complexity index is 1220.